The van der Waals surface area contributed by atoms with Crippen LogP contribution in [0.25, 0.3) is 11.5 Å². The molecule has 0 spiro atoms. The number of oxazole rings is 1. The fourth-order valence-electron chi connectivity index (χ4n) is 3.28. The molecule has 30 heavy (non-hydrogen) atoms. The van der Waals surface area contributed by atoms with E-state index in [-0.39, 0.29) is 0 Å². The van der Waals surface area contributed by atoms with Crippen molar-refractivity contribution in [2.24, 2.45) is 0 Å². The number of nitrogens with one attached hydrogen (secondary N) is 1. The minimum absolute atomic E-state index is 0.561. The summed E-state index contributed by atoms with van der Waals surface area (Å²) < 4.78 is 11.7. The van der Waals surface area contributed by atoms with E-state index in [0.717, 1.165) is 54.3 Å². The van der Waals surface area contributed by atoms with Gasteiger partial charge in [-0.3, -0.25) is 0 Å². The normalized spacial score (nSPS) is 11.0. The highest BCUT2D eigenvalue weighted by molar-refractivity contribution is 5.53. The highest BCUT2D eigenvalue weighted by atomic mass is 16.5. The molecule has 0 amide bonds. The van der Waals surface area contributed by atoms with E-state index in [9.17, 15) is 0 Å². The largest absolute Gasteiger partial charge is 0.493 e. The number of ether oxygens (including phenoxy) is 1. The molecule has 4 rings (SSSR count). The third kappa shape index (κ3) is 5.31. The molecule has 0 fully saturated rings. The van der Waals surface area contributed by atoms with Gasteiger partial charge in [-0.2, -0.15) is 5.21 Å². The second-order valence-corrected chi connectivity index (χ2v) is 7.17. The zero-order chi connectivity index (χ0) is 20.6. The number of aryl methyl sites for hydroxylation is 3. The summed E-state index contributed by atoms with van der Waals surface area (Å²) in [5.74, 6) is 3.15. The molecule has 0 unspecified atom stereocenters. The zero-order valence-corrected chi connectivity index (χ0v) is 17.0. The van der Waals surface area contributed by atoms with E-state index < -0.39 is 0 Å². The fraction of sp³-hybridized carbons (Fsp3) is 0.304. The van der Waals surface area contributed by atoms with Crippen LogP contribution in [-0.4, -0.2) is 32.2 Å². The van der Waals surface area contributed by atoms with Crippen LogP contribution in [0.4, 0.5) is 0 Å². The molecule has 0 bridgehead atoms. The predicted octanol–water partition coefficient (Wildman–Crippen LogP) is 4.35. The minimum Gasteiger partial charge on any atom is -0.493 e. The van der Waals surface area contributed by atoms with Crippen LogP contribution in [0.1, 0.15) is 35.7 Å². The van der Waals surface area contributed by atoms with Gasteiger partial charge in [0.1, 0.15) is 11.5 Å². The van der Waals surface area contributed by atoms with E-state index >= 15 is 0 Å². The van der Waals surface area contributed by atoms with Gasteiger partial charge >= 0.3 is 0 Å². The first-order valence-electron chi connectivity index (χ1n) is 10.2. The first-order chi connectivity index (χ1) is 14.8. The number of rotatable bonds is 10. The first kappa shape index (κ1) is 19.8. The average molecular weight is 403 g/mol. The molecule has 2 aromatic carbocycles. The molecule has 0 atom stereocenters. The molecular formula is C23H25N5O2. The summed E-state index contributed by atoms with van der Waals surface area (Å²) in [5.41, 5.74) is 3.23. The Morgan fingerprint density at radius 3 is 2.50 bits per heavy atom. The number of nitrogens with zero attached hydrogens (tertiary/aromatic N) is 4. The number of hydrogen-bond acceptors (Lipinski definition) is 6. The van der Waals surface area contributed by atoms with Crippen LogP contribution in [-0.2, 0) is 19.3 Å². The van der Waals surface area contributed by atoms with Gasteiger partial charge < -0.3 is 9.15 Å². The van der Waals surface area contributed by atoms with Gasteiger partial charge in [0.25, 0.3) is 0 Å². The molecule has 2 aromatic heterocycles. The summed E-state index contributed by atoms with van der Waals surface area (Å²) in [7, 11) is 0. The Kier molecular flexibility index (Phi) is 6.49. The molecule has 1 N–H and O–H groups in total. The van der Waals surface area contributed by atoms with Crippen molar-refractivity contribution in [3.8, 4) is 17.2 Å². The standard InChI is InChI=1S/C23H25N5O2/c1-17-21(24-23(30-17)19-8-3-2-4-9-19)15-16-29-20-13-11-18(12-14-20)7-5-6-10-22-25-27-28-26-22/h2-4,8-9,11-14H,5-7,10,15-16H2,1H3,(H,25,26,27,28). The van der Waals surface area contributed by atoms with Crippen molar-refractivity contribution in [3.63, 3.8) is 0 Å². The van der Waals surface area contributed by atoms with Crippen molar-refractivity contribution in [2.45, 2.75) is 39.0 Å². The second kappa shape index (κ2) is 9.82. The van der Waals surface area contributed by atoms with Crippen molar-refractivity contribution in [2.75, 3.05) is 6.61 Å². The Labute approximate surface area is 175 Å². The molecule has 2 heterocycles. The van der Waals surface area contributed by atoms with Gasteiger partial charge in [0.05, 0.1) is 12.3 Å². The van der Waals surface area contributed by atoms with Crippen LogP contribution in [0.3, 0.4) is 0 Å². The van der Waals surface area contributed by atoms with Gasteiger partial charge in [0.15, 0.2) is 5.82 Å². The first-order valence-corrected chi connectivity index (χ1v) is 10.2. The SMILES string of the molecule is Cc1oc(-c2ccccc2)nc1CCOc1ccc(CCCCc2nn[nH]n2)cc1. The molecule has 0 radical (unpaired) electrons. The summed E-state index contributed by atoms with van der Waals surface area (Å²) in [6.45, 7) is 2.51. The van der Waals surface area contributed by atoms with E-state index in [1.807, 2.05) is 49.4 Å². The highest BCUT2D eigenvalue weighted by Gasteiger charge is 2.11. The smallest absolute Gasteiger partial charge is 0.226 e. The number of hydrogen-bond donors (Lipinski definition) is 1. The van der Waals surface area contributed by atoms with Crippen LogP contribution in [0.5, 0.6) is 5.75 Å². The Hall–Kier alpha value is -3.48. The van der Waals surface area contributed by atoms with Crippen LogP contribution in [0.2, 0.25) is 0 Å². The average Bonchev–Trinajstić information content (AvgIpc) is 3.43. The second-order valence-electron chi connectivity index (χ2n) is 7.17. The van der Waals surface area contributed by atoms with Gasteiger partial charge in [-0.05, 0) is 56.0 Å². The van der Waals surface area contributed by atoms with Gasteiger partial charge in [-0.15, -0.1) is 10.2 Å². The quantitative estimate of drug-likeness (QED) is 0.396. The molecule has 0 aliphatic carbocycles. The van der Waals surface area contributed by atoms with E-state index in [4.69, 9.17) is 9.15 Å². The van der Waals surface area contributed by atoms with Crippen molar-refractivity contribution >= 4 is 0 Å². The summed E-state index contributed by atoms with van der Waals surface area (Å²) in [6, 6.07) is 18.2. The summed E-state index contributed by atoms with van der Waals surface area (Å²) >= 11 is 0. The number of aromatic nitrogens is 5. The Morgan fingerprint density at radius 1 is 0.933 bits per heavy atom. The molecular weight excluding hydrogens is 378 g/mol. The predicted molar refractivity (Wildman–Crippen MR) is 113 cm³/mol. The molecule has 0 aliphatic heterocycles. The number of tetrazole rings is 1. The summed E-state index contributed by atoms with van der Waals surface area (Å²) in [5, 5.41) is 14.0. The molecule has 7 nitrogen and oxygen atoms in total. The van der Waals surface area contributed by atoms with Crippen molar-refractivity contribution in [3.05, 3.63) is 77.4 Å². The lowest BCUT2D eigenvalue weighted by Crippen LogP contribution is -2.02. The van der Waals surface area contributed by atoms with E-state index in [0.29, 0.717) is 18.9 Å². The summed E-state index contributed by atoms with van der Waals surface area (Å²) in [6.07, 6.45) is 4.72. The van der Waals surface area contributed by atoms with Crippen LogP contribution in [0.15, 0.2) is 59.0 Å². The number of aromatic amines is 1. The zero-order valence-electron chi connectivity index (χ0n) is 17.0. The van der Waals surface area contributed by atoms with Gasteiger partial charge in [-0.25, -0.2) is 4.98 Å². The molecule has 0 aliphatic rings. The Bertz CT molecular complexity index is 1030. The number of benzene rings is 2. The topological polar surface area (TPSA) is 89.7 Å². The van der Waals surface area contributed by atoms with Crippen molar-refractivity contribution in [1.29, 1.82) is 0 Å². The molecule has 4 aromatic rings. The lowest BCUT2D eigenvalue weighted by atomic mass is 10.1. The molecule has 154 valence electrons. The monoisotopic (exact) mass is 403 g/mol. The molecule has 0 saturated heterocycles. The lowest BCUT2D eigenvalue weighted by Gasteiger charge is -2.07. The third-order valence-corrected chi connectivity index (χ3v) is 4.95. The minimum atomic E-state index is 0.561. The van der Waals surface area contributed by atoms with Crippen molar-refractivity contribution in [1.82, 2.24) is 25.6 Å². The van der Waals surface area contributed by atoms with Crippen LogP contribution >= 0.6 is 0 Å². The maximum absolute atomic E-state index is 5.90. The van der Waals surface area contributed by atoms with Gasteiger partial charge in [0.2, 0.25) is 5.89 Å². The van der Waals surface area contributed by atoms with Gasteiger partial charge in [0, 0.05) is 18.4 Å². The Morgan fingerprint density at radius 2 is 1.73 bits per heavy atom. The Balaban J connectivity index is 1.21. The maximum atomic E-state index is 5.90. The third-order valence-electron chi connectivity index (χ3n) is 4.95. The van der Waals surface area contributed by atoms with E-state index in [1.165, 1.54) is 5.56 Å². The van der Waals surface area contributed by atoms with E-state index in [2.05, 4.69) is 37.7 Å². The highest BCUT2D eigenvalue weighted by Crippen LogP contribution is 2.22. The molecule has 0 saturated carbocycles. The molecule has 7 heteroatoms. The van der Waals surface area contributed by atoms with Gasteiger partial charge in [-0.1, -0.05) is 35.5 Å². The number of unbranched alkanes of at least 4 members (excludes halogenated alkanes) is 1. The lowest BCUT2D eigenvalue weighted by molar-refractivity contribution is 0.320. The van der Waals surface area contributed by atoms with Crippen LogP contribution < -0.4 is 4.74 Å². The number of H-pyrrole nitrogens is 1. The summed E-state index contributed by atoms with van der Waals surface area (Å²) in [4.78, 5) is 4.62. The fourth-order valence-corrected chi connectivity index (χ4v) is 3.28. The van der Waals surface area contributed by atoms with E-state index in [1.54, 1.807) is 0 Å². The van der Waals surface area contributed by atoms with Crippen molar-refractivity contribution < 1.29 is 9.15 Å². The van der Waals surface area contributed by atoms with Crippen LogP contribution in [0, 0.1) is 6.92 Å². The maximum Gasteiger partial charge on any atom is 0.226 e.